The summed E-state index contributed by atoms with van der Waals surface area (Å²) in [6.07, 6.45) is 0. The van der Waals surface area contributed by atoms with Crippen LogP contribution >= 0.6 is 23.2 Å². The quantitative estimate of drug-likeness (QED) is 0.810. The van der Waals surface area contributed by atoms with E-state index in [0.29, 0.717) is 10.8 Å². The van der Waals surface area contributed by atoms with Crippen LogP contribution in [-0.2, 0) is 0 Å². The van der Waals surface area contributed by atoms with E-state index in [0.717, 1.165) is 36.9 Å². The molecule has 4 nitrogen and oxygen atoms in total. The van der Waals surface area contributed by atoms with Crippen molar-refractivity contribution in [2.75, 3.05) is 37.7 Å². The Morgan fingerprint density at radius 1 is 1.08 bits per heavy atom. The lowest BCUT2D eigenvalue weighted by atomic mass is 10.1. The van der Waals surface area contributed by atoms with Crippen molar-refractivity contribution in [2.24, 2.45) is 0 Å². The zero-order valence-electron chi connectivity index (χ0n) is 15.2. The summed E-state index contributed by atoms with van der Waals surface area (Å²) >= 11 is 11.9. The van der Waals surface area contributed by atoms with E-state index in [-0.39, 0.29) is 6.61 Å². The van der Waals surface area contributed by atoms with E-state index in [1.54, 1.807) is 0 Å². The predicted molar refractivity (Wildman–Crippen MR) is 110 cm³/mol. The molecular formula is C20H26Cl2N2O2. The Balaban J connectivity index is 0.000000290. The Kier molecular flexibility index (Phi) is 8.04. The predicted octanol–water partition coefficient (Wildman–Crippen LogP) is 4.24. The Hall–Kier alpha value is -1.46. The number of rotatable bonds is 4. The summed E-state index contributed by atoms with van der Waals surface area (Å²) in [6, 6.07) is 15.1. The van der Waals surface area contributed by atoms with Crippen LogP contribution in [0, 0.1) is 0 Å². The van der Waals surface area contributed by atoms with Crippen molar-refractivity contribution in [1.29, 1.82) is 0 Å². The number of nitrogens with one attached hydrogen (secondary N) is 1. The van der Waals surface area contributed by atoms with Crippen molar-refractivity contribution < 1.29 is 9.84 Å². The number of benzene rings is 2. The first-order valence-corrected chi connectivity index (χ1v) is 9.42. The second-order valence-electron chi connectivity index (χ2n) is 6.67. The van der Waals surface area contributed by atoms with Crippen LogP contribution in [-0.4, -0.2) is 43.5 Å². The van der Waals surface area contributed by atoms with Crippen molar-refractivity contribution in [1.82, 2.24) is 5.32 Å². The molecule has 2 N–H and O–H groups in total. The Morgan fingerprint density at radius 3 is 2.23 bits per heavy atom. The Morgan fingerprint density at radius 2 is 1.73 bits per heavy atom. The molecule has 0 amide bonds. The van der Waals surface area contributed by atoms with Gasteiger partial charge in [0, 0.05) is 37.3 Å². The SMILES string of the molecule is CC(C)(CO)Oc1ccc(N2CCNCC2)c(Cl)c1.Clc1ccccc1. The van der Waals surface area contributed by atoms with Gasteiger partial charge >= 0.3 is 0 Å². The zero-order chi connectivity index (χ0) is 19.0. The van der Waals surface area contributed by atoms with E-state index in [2.05, 4.69) is 10.2 Å². The molecule has 0 radical (unpaired) electrons. The fourth-order valence-corrected chi connectivity index (χ4v) is 2.91. The minimum absolute atomic E-state index is 0.0375. The number of anilines is 1. The van der Waals surface area contributed by atoms with Gasteiger partial charge in [-0.25, -0.2) is 0 Å². The summed E-state index contributed by atoms with van der Waals surface area (Å²) in [6.45, 7) is 7.52. The molecule has 3 rings (SSSR count). The Labute approximate surface area is 165 Å². The third kappa shape index (κ3) is 6.69. The highest BCUT2D eigenvalue weighted by Crippen LogP contribution is 2.31. The fourth-order valence-electron chi connectivity index (χ4n) is 2.48. The second-order valence-corrected chi connectivity index (χ2v) is 7.51. The van der Waals surface area contributed by atoms with Gasteiger partial charge in [-0.05, 0) is 38.1 Å². The molecule has 1 fully saturated rings. The summed E-state index contributed by atoms with van der Waals surface area (Å²) in [5.74, 6) is 0.683. The topological polar surface area (TPSA) is 44.7 Å². The first-order chi connectivity index (χ1) is 12.4. The number of nitrogens with zero attached hydrogens (tertiary/aromatic N) is 1. The van der Waals surface area contributed by atoms with E-state index in [4.69, 9.17) is 27.9 Å². The smallest absolute Gasteiger partial charge is 0.126 e. The molecule has 0 spiro atoms. The molecule has 26 heavy (non-hydrogen) atoms. The first kappa shape index (κ1) is 20.8. The van der Waals surface area contributed by atoms with Gasteiger partial charge in [-0.3, -0.25) is 0 Å². The monoisotopic (exact) mass is 396 g/mol. The van der Waals surface area contributed by atoms with Gasteiger partial charge < -0.3 is 20.1 Å². The lowest BCUT2D eigenvalue weighted by Gasteiger charge is -2.30. The summed E-state index contributed by atoms with van der Waals surface area (Å²) in [4.78, 5) is 2.26. The van der Waals surface area contributed by atoms with Crippen LogP contribution in [0.2, 0.25) is 10.0 Å². The first-order valence-electron chi connectivity index (χ1n) is 8.67. The number of aliphatic hydroxyl groups is 1. The lowest BCUT2D eigenvalue weighted by molar-refractivity contribution is 0.0413. The average molecular weight is 397 g/mol. The number of halogens is 2. The van der Waals surface area contributed by atoms with Gasteiger partial charge in [0.15, 0.2) is 0 Å². The van der Waals surface area contributed by atoms with Gasteiger partial charge in [0.25, 0.3) is 0 Å². The van der Waals surface area contributed by atoms with Gasteiger partial charge in [-0.15, -0.1) is 0 Å². The summed E-state index contributed by atoms with van der Waals surface area (Å²) in [5, 5.41) is 14.0. The van der Waals surface area contributed by atoms with Crippen molar-refractivity contribution in [2.45, 2.75) is 19.4 Å². The maximum Gasteiger partial charge on any atom is 0.126 e. The van der Waals surface area contributed by atoms with E-state index in [1.807, 2.05) is 62.4 Å². The molecule has 0 aromatic heterocycles. The third-order valence-electron chi connectivity index (χ3n) is 3.88. The molecule has 0 atom stereocenters. The van der Waals surface area contributed by atoms with Gasteiger partial charge in [-0.1, -0.05) is 41.4 Å². The van der Waals surface area contributed by atoms with Crippen LogP contribution in [0.1, 0.15) is 13.8 Å². The van der Waals surface area contributed by atoms with E-state index >= 15 is 0 Å². The van der Waals surface area contributed by atoms with Gasteiger partial charge in [0.2, 0.25) is 0 Å². The highest BCUT2D eigenvalue weighted by atomic mass is 35.5. The number of hydrogen-bond acceptors (Lipinski definition) is 4. The van der Waals surface area contributed by atoms with Crippen molar-refractivity contribution in [3.8, 4) is 5.75 Å². The Bertz CT molecular complexity index is 675. The maximum atomic E-state index is 9.21. The molecule has 1 aliphatic rings. The zero-order valence-corrected chi connectivity index (χ0v) is 16.7. The molecule has 1 aliphatic heterocycles. The number of hydrogen-bond donors (Lipinski definition) is 2. The molecule has 142 valence electrons. The van der Waals surface area contributed by atoms with Crippen LogP contribution in [0.3, 0.4) is 0 Å². The van der Waals surface area contributed by atoms with Crippen LogP contribution < -0.4 is 15.0 Å². The normalized spacial score (nSPS) is 14.4. The van der Waals surface area contributed by atoms with Gasteiger partial charge in [0.05, 0.1) is 17.3 Å². The molecule has 0 aliphatic carbocycles. The van der Waals surface area contributed by atoms with E-state index in [9.17, 15) is 5.11 Å². The fraction of sp³-hybridized carbons (Fsp3) is 0.400. The summed E-state index contributed by atoms with van der Waals surface area (Å²) < 4.78 is 5.71. The average Bonchev–Trinajstić information content (AvgIpc) is 2.63. The molecule has 0 bridgehead atoms. The molecule has 0 saturated carbocycles. The molecule has 2 aromatic carbocycles. The van der Waals surface area contributed by atoms with Gasteiger partial charge in [0.1, 0.15) is 11.4 Å². The van der Waals surface area contributed by atoms with E-state index < -0.39 is 5.60 Å². The lowest BCUT2D eigenvalue weighted by Crippen LogP contribution is -2.43. The van der Waals surface area contributed by atoms with Crippen LogP contribution in [0.4, 0.5) is 5.69 Å². The number of piperazine rings is 1. The van der Waals surface area contributed by atoms with Crippen LogP contribution in [0.5, 0.6) is 5.75 Å². The number of ether oxygens (including phenoxy) is 1. The molecule has 1 saturated heterocycles. The van der Waals surface area contributed by atoms with Crippen molar-refractivity contribution in [3.63, 3.8) is 0 Å². The van der Waals surface area contributed by atoms with Crippen molar-refractivity contribution >= 4 is 28.9 Å². The minimum Gasteiger partial charge on any atom is -0.485 e. The van der Waals surface area contributed by atoms with Crippen LogP contribution in [0.15, 0.2) is 48.5 Å². The highest BCUT2D eigenvalue weighted by molar-refractivity contribution is 6.33. The molecule has 6 heteroatoms. The maximum absolute atomic E-state index is 9.21. The standard InChI is InChI=1S/C14H21ClN2O2.C6H5Cl/c1-14(2,10-18)19-11-3-4-13(12(15)9-11)17-7-5-16-6-8-17;7-6-4-2-1-3-5-6/h3-4,9,16,18H,5-8,10H2,1-2H3;1-5H. The van der Waals surface area contributed by atoms with Crippen LogP contribution in [0.25, 0.3) is 0 Å². The molecule has 1 heterocycles. The van der Waals surface area contributed by atoms with Gasteiger partial charge in [-0.2, -0.15) is 0 Å². The third-order valence-corrected chi connectivity index (χ3v) is 4.44. The second kappa shape index (κ2) is 10.0. The minimum atomic E-state index is -0.597. The molecule has 0 unspecified atom stereocenters. The van der Waals surface area contributed by atoms with Crippen molar-refractivity contribution in [3.05, 3.63) is 58.6 Å². The molecular weight excluding hydrogens is 371 g/mol. The largest absolute Gasteiger partial charge is 0.485 e. The van der Waals surface area contributed by atoms with E-state index in [1.165, 1.54) is 0 Å². The highest BCUT2D eigenvalue weighted by Gasteiger charge is 2.20. The molecule has 2 aromatic rings. The summed E-state index contributed by atoms with van der Waals surface area (Å²) in [5.41, 5.74) is 0.442. The number of aliphatic hydroxyl groups excluding tert-OH is 1. The summed E-state index contributed by atoms with van der Waals surface area (Å²) in [7, 11) is 0.